The number of aromatic nitrogens is 1. The van der Waals surface area contributed by atoms with Gasteiger partial charge in [-0.2, -0.15) is 0 Å². The third-order valence-corrected chi connectivity index (χ3v) is 2.35. The van der Waals surface area contributed by atoms with E-state index in [2.05, 4.69) is 22.6 Å². The molecule has 80 valence electrons. The van der Waals surface area contributed by atoms with E-state index in [1.54, 1.807) is 12.4 Å². The molecule has 0 saturated heterocycles. The maximum absolute atomic E-state index is 5.86. The zero-order valence-corrected chi connectivity index (χ0v) is 9.43. The summed E-state index contributed by atoms with van der Waals surface area (Å²) in [7, 11) is 0. The Kier molecular flexibility index (Phi) is 3.22. The number of rotatable bonds is 2. The lowest BCUT2D eigenvalue weighted by Gasteiger charge is -2.00. The van der Waals surface area contributed by atoms with Crippen molar-refractivity contribution in [3.63, 3.8) is 0 Å². The van der Waals surface area contributed by atoms with Crippen molar-refractivity contribution in [3.05, 3.63) is 54.4 Å². The van der Waals surface area contributed by atoms with Crippen LogP contribution < -0.4 is 5.73 Å². The Bertz CT molecular complexity index is 491. The second kappa shape index (κ2) is 4.81. The molecule has 0 spiro atoms. The van der Waals surface area contributed by atoms with E-state index in [0.29, 0.717) is 5.84 Å². The number of amidine groups is 1. The molecule has 0 aliphatic heterocycles. The van der Waals surface area contributed by atoms with E-state index >= 15 is 0 Å². The Hall–Kier alpha value is -1.81. The lowest BCUT2D eigenvalue weighted by molar-refractivity contribution is 1.30. The van der Waals surface area contributed by atoms with Gasteiger partial charge in [0.25, 0.3) is 0 Å². The number of hydrogen-bond acceptors (Lipinski definition) is 3. The van der Waals surface area contributed by atoms with Crippen LogP contribution in [0, 0.1) is 0 Å². The van der Waals surface area contributed by atoms with Crippen molar-refractivity contribution in [1.29, 1.82) is 0 Å². The molecule has 3 nitrogen and oxygen atoms in total. The van der Waals surface area contributed by atoms with E-state index in [-0.39, 0.29) is 0 Å². The fourth-order valence-corrected chi connectivity index (χ4v) is 1.39. The Morgan fingerprint density at radius 1 is 1.19 bits per heavy atom. The number of nitrogens with two attached hydrogens (primary N) is 1. The van der Waals surface area contributed by atoms with Crippen molar-refractivity contribution in [3.8, 4) is 0 Å². The largest absolute Gasteiger partial charge is 0.383 e. The van der Waals surface area contributed by atoms with Crippen molar-refractivity contribution in [1.82, 2.24) is 4.98 Å². The molecule has 2 rings (SSSR count). The predicted molar refractivity (Wildman–Crippen MR) is 68.3 cm³/mol. The van der Waals surface area contributed by atoms with Crippen molar-refractivity contribution < 1.29 is 0 Å². The predicted octanol–water partition coefficient (Wildman–Crippen LogP) is 2.41. The molecule has 1 aromatic heterocycles. The zero-order chi connectivity index (χ0) is 11.4. The molecule has 1 heterocycles. The van der Waals surface area contributed by atoms with Crippen LogP contribution >= 0.6 is 12.6 Å². The molecule has 1 aromatic carbocycles. The van der Waals surface area contributed by atoms with Crippen LogP contribution in [0.3, 0.4) is 0 Å². The summed E-state index contributed by atoms with van der Waals surface area (Å²) in [6.07, 6.45) is 3.39. The maximum atomic E-state index is 5.86. The van der Waals surface area contributed by atoms with Crippen LogP contribution in [0.15, 0.2) is 58.7 Å². The first-order chi connectivity index (χ1) is 7.75. The first-order valence-corrected chi connectivity index (χ1v) is 5.24. The lowest BCUT2D eigenvalue weighted by atomic mass is 10.2. The van der Waals surface area contributed by atoms with Crippen LogP contribution in [0.5, 0.6) is 0 Å². The molecular formula is C12H11N3S. The highest BCUT2D eigenvalue weighted by atomic mass is 32.1. The molecule has 0 aliphatic carbocycles. The molecule has 16 heavy (non-hydrogen) atoms. The lowest BCUT2D eigenvalue weighted by Crippen LogP contribution is -2.12. The molecule has 0 saturated carbocycles. The van der Waals surface area contributed by atoms with Crippen LogP contribution in [-0.4, -0.2) is 10.8 Å². The molecule has 0 unspecified atom stereocenters. The van der Waals surface area contributed by atoms with Crippen LogP contribution in [0.1, 0.15) is 5.56 Å². The van der Waals surface area contributed by atoms with Gasteiger partial charge >= 0.3 is 0 Å². The van der Waals surface area contributed by atoms with Gasteiger partial charge in [-0.25, -0.2) is 4.99 Å². The number of aliphatic imine (C=N–C) groups is 1. The fourth-order valence-electron chi connectivity index (χ4n) is 1.25. The van der Waals surface area contributed by atoms with Gasteiger partial charge < -0.3 is 5.73 Å². The molecule has 0 bridgehead atoms. The van der Waals surface area contributed by atoms with Crippen molar-refractivity contribution >= 4 is 24.2 Å². The SMILES string of the molecule is NC(=Nc1ccc(S)cc1)c1cccnc1. The number of benzene rings is 1. The summed E-state index contributed by atoms with van der Waals surface area (Å²) < 4.78 is 0. The quantitative estimate of drug-likeness (QED) is 0.472. The maximum Gasteiger partial charge on any atom is 0.132 e. The summed E-state index contributed by atoms with van der Waals surface area (Å²) in [4.78, 5) is 9.18. The summed E-state index contributed by atoms with van der Waals surface area (Å²) in [5.74, 6) is 0.458. The summed E-state index contributed by atoms with van der Waals surface area (Å²) in [6, 6.07) is 11.2. The summed E-state index contributed by atoms with van der Waals surface area (Å²) in [5.41, 5.74) is 7.48. The van der Waals surface area contributed by atoms with Gasteiger partial charge in [0.1, 0.15) is 5.84 Å². The van der Waals surface area contributed by atoms with Gasteiger partial charge in [0, 0.05) is 22.9 Å². The molecule has 4 heteroatoms. The minimum Gasteiger partial charge on any atom is -0.383 e. The van der Waals surface area contributed by atoms with Gasteiger partial charge in [0.2, 0.25) is 0 Å². The molecule has 0 atom stereocenters. The molecular weight excluding hydrogens is 218 g/mol. The number of nitrogens with zero attached hydrogens (tertiary/aromatic N) is 2. The first-order valence-electron chi connectivity index (χ1n) is 4.79. The Morgan fingerprint density at radius 2 is 1.94 bits per heavy atom. The molecule has 2 N–H and O–H groups in total. The van der Waals surface area contributed by atoms with Crippen LogP contribution in [0.2, 0.25) is 0 Å². The van der Waals surface area contributed by atoms with E-state index in [1.165, 1.54) is 0 Å². The summed E-state index contributed by atoms with van der Waals surface area (Å²) in [6.45, 7) is 0. The topological polar surface area (TPSA) is 51.3 Å². The second-order valence-electron chi connectivity index (χ2n) is 3.26. The molecule has 2 aromatic rings. The standard InChI is InChI=1S/C12H11N3S/c13-12(9-2-1-7-14-8-9)15-10-3-5-11(16)6-4-10/h1-8,16H,(H2,13,15). The summed E-state index contributed by atoms with van der Waals surface area (Å²) in [5, 5.41) is 0. The van der Waals surface area contributed by atoms with Crippen LogP contribution in [0.4, 0.5) is 5.69 Å². The third kappa shape index (κ3) is 2.61. The Labute approximate surface area is 99.5 Å². The van der Waals surface area contributed by atoms with Gasteiger partial charge in [-0.1, -0.05) is 0 Å². The van der Waals surface area contributed by atoms with Gasteiger partial charge in [-0.15, -0.1) is 12.6 Å². The molecule has 0 fully saturated rings. The first kappa shape index (κ1) is 10.7. The zero-order valence-electron chi connectivity index (χ0n) is 8.54. The smallest absolute Gasteiger partial charge is 0.132 e. The monoisotopic (exact) mass is 229 g/mol. The average molecular weight is 229 g/mol. The normalized spacial score (nSPS) is 11.4. The Balaban J connectivity index is 2.28. The summed E-state index contributed by atoms with van der Waals surface area (Å²) >= 11 is 4.20. The highest BCUT2D eigenvalue weighted by Gasteiger charge is 1.97. The van der Waals surface area contributed by atoms with E-state index in [4.69, 9.17) is 5.73 Å². The molecule has 0 aliphatic rings. The highest BCUT2D eigenvalue weighted by Crippen LogP contribution is 2.15. The van der Waals surface area contributed by atoms with E-state index in [9.17, 15) is 0 Å². The van der Waals surface area contributed by atoms with Crippen LogP contribution in [0.25, 0.3) is 0 Å². The van der Waals surface area contributed by atoms with Gasteiger partial charge in [0.15, 0.2) is 0 Å². The number of thiol groups is 1. The van der Waals surface area contributed by atoms with Crippen molar-refractivity contribution in [2.45, 2.75) is 4.90 Å². The minimum atomic E-state index is 0.458. The molecule has 0 amide bonds. The van der Waals surface area contributed by atoms with Gasteiger partial charge in [-0.05, 0) is 36.4 Å². The van der Waals surface area contributed by atoms with E-state index < -0.39 is 0 Å². The minimum absolute atomic E-state index is 0.458. The van der Waals surface area contributed by atoms with Crippen molar-refractivity contribution in [2.24, 2.45) is 10.7 Å². The van der Waals surface area contributed by atoms with Gasteiger partial charge in [-0.3, -0.25) is 4.98 Å². The number of hydrogen-bond donors (Lipinski definition) is 2. The fraction of sp³-hybridized carbons (Fsp3) is 0. The third-order valence-electron chi connectivity index (χ3n) is 2.06. The number of pyridine rings is 1. The van der Waals surface area contributed by atoms with Gasteiger partial charge in [0.05, 0.1) is 5.69 Å². The average Bonchev–Trinajstić information content (AvgIpc) is 2.33. The van der Waals surface area contributed by atoms with Crippen LogP contribution in [-0.2, 0) is 0 Å². The molecule has 0 radical (unpaired) electrons. The Morgan fingerprint density at radius 3 is 2.56 bits per heavy atom. The highest BCUT2D eigenvalue weighted by molar-refractivity contribution is 7.80. The second-order valence-corrected chi connectivity index (χ2v) is 3.77. The van der Waals surface area contributed by atoms with E-state index in [1.807, 2.05) is 36.4 Å². The van der Waals surface area contributed by atoms with Crippen molar-refractivity contribution in [2.75, 3.05) is 0 Å². The van der Waals surface area contributed by atoms with E-state index in [0.717, 1.165) is 16.1 Å².